The SMILES string of the molecule is c1ccc2c(c1)-c1cccc3c(-c4ccc(-n5c6ccccc6c6c7c(ccc65)oc5ccccc57)c5ccccc45)ccc-2c13. The van der Waals surface area contributed by atoms with Crippen molar-refractivity contribution < 1.29 is 4.42 Å². The molecule has 0 N–H and O–H groups in total. The molecule has 1 aliphatic carbocycles. The molecule has 2 nitrogen and oxygen atoms in total. The third-order valence-corrected chi connectivity index (χ3v) is 10.2. The highest BCUT2D eigenvalue weighted by Gasteiger charge is 2.24. The molecule has 212 valence electrons. The van der Waals surface area contributed by atoms with Crippen molar-refractivity contribution in [3.05, 3.63) is 152 Å². The molecule has 0 saturated heterocycles. The van der Waals surface area contributed by atoms with E-state index < -0.39 is 0 Å². The van der Waals surface area contributed by atoms with Crippen LogP contribution in [0, 0.1) is 0 Å². The molecule has 0 aliphatic heterocycles. The molecule has 2 heteroatoms. The number of fused-ring (bicyclic) bond motifs is 11. The zero-order chi connectivity index (χ0) is 29.9. The quantitative estimate of drug-likeness (QED) is 0.198. The van der Waals surface area contributed by atoms with E-state index in [2.05, 4.69) is 150 Å². The molecule has 0 fully saturated rings. The molecule has 1 aliphatic rings. The van der Waals surface area contributed by atoms with Crippen molar-refractivity contribution in [3.63, 3.8) is 0 Å². The average Bonchev–Trinajstić information content (AvgIpc) is 3.77. The maximum atomic E-state index is 6.33. The van der Waals surface area contributed by atoms with Gasteiger partial charge in [-0.25, -0.2) is 0 Å². The summed E-state index contributed by atoms with van der Waals surface area (Å²) < 4.78 is 8.77. The van der Waals surface area contributed by atoms with Crippen molar-refractivity contribution >= 4 is 65.3 Å². The van der Waals surface area contributed by atoms with Gasteiger partial charge in [-0.1, -0.05) is 121 Å². The summed E-state index contributed by atoms with van der Waals surface area (Å²) in [5.41, 5.74) is 13.2. The lowest BCUT2D eigenvalue weighted by Crippen LogP contribution is -1.96. The minimum atomic E-state index is 0.921. The average molecular weight is 584 g/mol. The van der Waals surface area contributed by atoms with Crippen LogP contribution in [0.1, 0.15) is 0 Å². The molecule has 0 bridgehead atoms. The van der Waals surface area contributed by atoms with E-state index >= 15 is 0 Å². The highest BCUT2D eigenvalue weighted by atomic mass is 16.3. The Hall–Kier alpha value is -6.12. The summed E-state index contributed by atoms with van der Waals surface area (Å²) in [5, 5.41) is 9.93. The van der Waals surface area contributed by atoms with Crippen LogP contribution < -0.4 is 0 Å². The minimum Gasteiger partial charge on any atom is -0.456 e. The number of benzene rings is 8. The number of hydrogen-bond donors (Lipinski definition) is 0. The van der Waals surface area contributed by atoms with Gasteiger partial charge >= 0.3 is 0 Å². The first kappa shape index (κ1) is 24.2. The molecule has 46 heavy (non-hydrogen) atoms. The van der Waals surface area contributed by atoms with Crippen LogP contribution in [0.15, 0.2) is 156 Å². The van der Waals surface area contributed by atoms with E-state index in [4.69, 9.17) is 4.42 Å². The maximum Gasteiger partial charge on any atom is 0.136 e. The third kappa shape index (κ3) is 3.01. The predicted molar refractivity (Wildman–Crippen MR) is 193 cm³/mol. The highest BCUT2D eigenvalue weighted by molar-refractivity contribution is 6.28. The van der Waals surface area contributed by atoms with Crippen molar-refractivity contribution in [2.45, 2.75) is 0 Å². The summed E-state index contributed by atoms with van der Waals surface area (Å²) >= 11 is 0. The smallest absolute Gasteiger partial charge is 0.136 e. The molecule has 2 heterocycles. The van der Waals surface area contributed by atoms with Gasteiger partial charge in [-0.2, -0.15) is 0 Å². The van der Waals surface area contributed by atoms with Crippen LogP contribution >= 0.6 is 0 Å². The number of aromatic nitrogens is 1. The largest absolute Gasteiger partial charge is 0.456 e. The third-order valence-electron chi connectivity index (χ3n) is 10.2. The minimum absolute atomic E-state index is 0.921. The number of para-hydroxylation sites is 2. The first-order valence-electron chi connectivity index (χ1n) is 15.9. The normalized spacial score (nSPS) is 12.3. The van der Waals surface area contributed by atoms with Crippen molar-refractivity contribution in [3.8, 4) is 39.1 Å². The molecular formula is C44H25NO. The fraction of sp³-hybridized carbons (Fsp3) is 0. The van der Waals surface area contributed by atoms with Crippen LogP contribution in [-0.2, 0) is 0 Å². The summed E-state index contributed by atoms with van der Waals surface area (Å²) in [6.07, 6.45) is 0. The monoisotopic (exact) mass is 583 g/mol. The molecule has 0 atom stereocenters. The van der Waals surface area contributed by atoms with Gasteiger partial charge in [0.25, 0.3) is 0 Å². The zero-order valence-corrected chi connectivity index (χ0v) is 24.8. The molecule has 2 aromatic heterocycles. The van der Waals surface area contributed by atoms with Crippen LogP contribution in [0.3, 0.4) is 0 Å². The van der Waals surface area contributed by atoms with Gasteiger partial charge in [0.2, 0.25) is 0 Å². The second-order valence-electron chi connectivity index (χ2n) is 12.4. The lowest BCUT2D eigenvalue weighted by Gasteiger charge is -2.16. The summed E-state index contributed by atoms with van der Waals surface area (Å²) in [7, 11) is 0. The van der Waals surface area contributed by atoms with E-state index in [0.717, 1.165) is 16.6 Å². The summed E-state index contributed by atoms with van der Waals surface area (Å²) in [4.78, 5) is 0. The van der Waals surface area contributed by atoms with Crippen molar-refractivity contribution in [2.75, 3.05) is 0 Å². The van der Waals surface area contributed by atoms with E-state index in [-0.39, 0.29) is 0 Å². The van der Waals surface area contributed by atoms with Crippen LogP contribution in [0.5, 0.6) is 0 Å². The Morgan fingerprint density at radius 3 is 1.78 bits per heavy atom. The standard InChI is InChI=1S/C44H25NO/c1-2-12-28-27(11-1)32-16-9-17-33-30(20-21-34(28)42(32)33)29-22-23-38(31-13-4-3-10-26(29)31)45-37-18-7-5-14-35(37)43-39(45)24-25-41-44(43)36-15-6-8-19-40(36)46-41/h1-25H. The molecule has 10 aromatic rings. The van der Waals surface area contributed by atoms with Crippen molar-refractivity contribution in [1.82, 2.24) is 4.57 Å². The first-order chi connectivity index (χ1) is 22.8. The number of nitrogens with zero attached hydrogens (tertiary/aromatic N) is 1. The van der Waals surface area contributed by atoms with Crippen LogP contribution in [0.4, 0.5) is 0 Å². The Kier molecular flexibility index (Phi) is 4.61. The Labute approximate surface area is 264 Å². The maximum absolute atomic E-state index is 6.33. The number of furan rings is 1. The topological polar surface area (TPSA) is 18.1 Å². The van der Waals surface area contributed by atoms with Gasteiger partial charge < -0.3 is 8.98 Å². The molecular weight excluding hydrogens is 558 g/mol. The molecule has 0 radical (unpaired) electrons. The van der Waals surface area contributed by atoms with Gasteiger partial charge in [-0.15, -0.1) is 0 Å². The Morgan fingerprint density at radius 2 is 0.913 bits per heavy atom. The Balaban J connectivity index is 1.21. The van der Waals surface area contributed by atoms with E-state index in [1.807, 2.05) is 6.07 Å². The van der Waals surface area contributed by atoms with E-state index in [0.29, 0.717) is 0 Å². The fourth-order valence-electron chi connectivity index (χ4n) is 8.29. The Bertz CT molecular complexity index is 2890. The van der Waals surface area contributed by atoms with E-state index in [1.165, 1.54) is 87.8 Å². The second kappa shape index (κ2) is 8.74. The number of rotatable bonds is 2. The second-order valence-corrected chi connectivity index (χ2v) is 12.4. The van der Waals surface area contributed by atoms with Gasteiger partial charge in [-0.3, -0.25) is 0 Å². The van der Waals surface area contributed by atoms with Gasteiger partial charge in [0.05, 0.1) is 16.7 Å². The Morgan fingerprint density at radius 1 is 0.304 bits per heavy atom. The van der Waals surface area contributed by atoms with Crippen molar-refractivity contribution in [1.29, 1.82) is 0 Å². The summed E-state index contributed by atoms with van der Waals surface area (Å²) in [5.74, 6) is 0. The molecule has 0 saturated carbocycles. The summed E-state index contributed by atoms with van der Waals surface area (Å²) in [6, 6.07) is 55.2. The molecule has 11 rings (SSSR count). The fourth-order valence-corrected chi connectivity index (χ4v) is 8.29. The van der Waals surface area contributed by atoms with Gasteiger partial charge in [0.15, 0.2) is 0 Å². The lowest BCUT2D eigenvalue weighted by atomic mass is 9.91. The van der Waals surface area contributed by atoms with Gasteiger partial charge in [-0.05, 0) is 79.9 Å². The van der Waals surface area contributed by atoms with E-state index in [9.17, 15) is 0 Å². The lowest BCUT2D eigenvalue weighted by molar-refractivity contribution is 0.669. The number of hydrogen-bond acceptors (Lipinski definition) is 1. The molecule has 0 amide bonds. The predicted octanol–water partition coefficient (Wildman–Crippen LogP) is 12.3. The molecule has 0 spiro atoms. The molecule has 8 aromatic carbocycles. The summed E-state index contributed by atoms with van der Waals surface area (Å²) in [6.45, 7) is 0. The van der Waals surface area contributed by atoms with Crippen molar-refractivity contribution in [2.24, 2.45) is 0 Å². The molecule has 0 unspecified atom stereocenters. The zero-order valence-electron chi connectivity index (χ0n) is 24.8. The van der Waals surface area contributed by atoms with Gasteiger partial charge in [0.1, 0.15) is 11.2 Å². The highest BCUT2D eigenvalue weighted by Crippen LogP contribution is 2.50. The first-order valence-corrected chi connectivity index (χ1v) is 15.9. The van der Waals surface area contributed by atoms with Gasteiger partial charge in [0, 0.05) is 26.9 Å². The van der Waals surface area contributed by atoms with Crippen LogP contribution in [0.2, 0.25) is 0 Å². The van der Waals surface area contributed by atoms with E-state index in [1.54, 1.807) is 0 Å². The van der Waals surface area contributed by atoms with Crippen LogP contribution in [-0.4, -0.2) is 4.57 Å². The van der Waals surface area contributed by atoms with Crippen LogP contribution in [0.25, 0.3) is 104 Å².